The quantitative estimate of drug-likeness (QED) is 0.869. The van der Waals surface area contributed by atoms with Crippen LogP contribution in [0.2, 0.25) is 0 Å². The second-order valence-electron chi connectivity index (χ2n) is 5.35. The lowest BCUT2D eigenvalue weighted by Crippen LogP contribution is -2.33. The highest BCUT2D eigenvalue weighted by Crippen LogP contribution is 2.36. The number of aliphatic hydroxyl groups is 1. The van der Waals surface area contributed by atoms with Crippen LogP contribution in [0.5, 0.6) is 5.75 Å². The lowest BCUT2D eigenvalue weighted by Gasteiger charge is -2.33. The summed E-state index contributed by atoms with van der Waals surface area (Å²) in [4.78, 5) is 4.29. The number of hydrogen-bond acceptors (Lipinski definition) is 4. The first-order chi connectivity index (χ1) is 9.77. The van der Waals surface area contributed by atoms with Gasteiger partial charge in [-0.1, -0.05) is 19.3 Å². The second-order valence-corrected chi connectivity index (χ2v) is 5.35. The molecule has 1 aromatic rings. The first-order valence-electron chi connectivity index (χ1n) is 7.56. The van der Waals surface area contributed by atoms with Gasteiger partial charge in [0, 0.05) is 12.8 Å². The van der Waals surface area contributed by atoms with Gasteiger partial charge < -0.3 is 14.6 Å². The van der Waals surface area contributed by atoms with Gasteiger partial charge >= 0.3 is 0 Å². The molecule has 1 aliphatic carbocycles. The summed E-state index contributed by atoms with van der Waals surface area (Å²) in [5.74, 6) is 1.03. The van der Waals surface area contributed by atoms with Crippen molar-refractivity contribution >= 4 is 0 Å². The predicted octanol–water partition coefficient (Wildman–Crippen LogP) is 3.11. The molecule has 2 rings (SSSR count). The molecular weight excluding hydrogens is 254 g/mol. The largest absolute Gasteiger partial charge is 0.495 e. The molecule has 112 valence electrons. The number of rotatable bonds is 6. The van der Waals surface area contributed by atoms with Crippen LogP contribution in [-0.4, -0.2) is 29.9 Å². The smallest absolute Gasteiger partial charge is 0.143 e. The fourth-order valence-electron chi connectivity index (χ4n) is 3.09. The summed E-state index contributed by atoms with van der Waals surface area (Å²) in [6, 6.07) is 3.64. The van der Waals surface area contributed by atoms with Crippen LogP contribution in [0.1, 0.15) is 50.8 Å². The molecule has 4 nitrogen and oxygen atoms in total. The Morgan fingerprint density at radius 2 is 2.10 bits per heavy atom. The standard InChI is InChI=1S/C16H25NO3/c1-3-20-16(12-8-5-4-6-9-12)15(18)14-13(19-2)10-7-11-17-14/h7,10-12,15-16,18H,3-6,8-9H2,1-2H3. The van der Waals surface area contributed by atoms with Gasteiger partial charge in [-0.25, -0.2) is 0 Å². The van der Waals surface area contributed by atoms with Crippen LogP contribution in [0.4, 0.5) is 0 Å². The minimum Gasteiger partial charge on any atom is -0.495 e. The summed E-state index contributed by atoms with van der Waals surface area (Å²) < 4.78 is 11.2. The van der Waals surface area contributed by atoms with Crippen molar-refractivity contribution in [2.45, 2.75) is 51.2 Å². The van der Waals surface area contributed by atoms with Gasteiger partial charge in [0.1, 0.15) is 17.5 Å². The topological polar surface area (TPSA) is 51.6 Å². The molecule has 0 saturated heterocycles. The van der Waals surface area contributed by atoms with E-state index < -0.39 is 6.10 Å². The average Bonchev–Trinajstić information content (AvgIpc) is 2.52. The van der Waals surface area contributed by atoms with Crippen LogP contribution in [-0.2, 0) is 4.74 Å². The molecule has 4 heteroatoms. The number of ether oxygens (including phenoxy) is 2. The van der Waals surface area contributed by atoms with E-state index in [0.717, 1.165) is 12.8 Å². The summed E-state index contributed by atoms with van der Waals surface area (Å²) in [6.07, 6.45) is 6.75. The van der Waals surface area contributed by atoms with Gasteiger partial charge in [-0.2, -0.15) is 0 Å². The Hall–Kier alpha value is -1.13. The monoisotopic (exact) mass is 279 g/mol. The number of nitrogens with zero attached hydrogens (tertiary/aromatic N) is 1. The molecule has 1 aromatic heterocycles. The third-order valence-electron chi connectivity index (χ3n) is 4.08. The maximum atomic E-state index is 10.7. The molecule has 1 heterocycles. The van der Waals surface area contributed by atoms with Crippen molar-refractivity contribution in [3.63, 3.8) is 0 Å². The van der Waals surface area contributed by atoms with E-state index >= 15 is 0 Å². The van der Waals surface area contributed by atoms with Crippen LogP contribution in [0.25, 0.3) is 0 Å². The first-order valence-corrected chi connectivity index (χ1v) is 7.56. The molecule has 0 aromatic carbocycles. The zero-order chi connectivity index (χ0) is 14.4. The maximum Gasteiger partial charge on any atom is 0.143 e. The van der Waals surface area contributed by atoms with E-state index in [-0.39, 0.29) is 6.10 Å². The second kappa shape index (κ2) is 7.60. The van der Waals surface area contributed by atoms with Gasteiger partial charge in [-0.15, -0.1) is 0 Å². The number of hydrogen-bond donors (Lipinski definition) is 1. The van der Waals surface area contributed by atoms with Gasteiger partial charge in [0.25, 0.3) is 0 Å². The summed E-state index contributed by atoms with van der Waals surface area (Å²) >= 11 is 0. The van der Waals surface area contributed by atoms with Gasteiger partial charge in [-0.05, 0) is 37.8 Å². The molecule has 2 atom stereocenters. The Bertz CT molecular complexity index is 404. The van der Waals surface area contributed by atoms with E-state index in [9.17, 15) is 5.11 Å². The Morgan fingerprint density at radius 1 is 1.35 bits per heavy atom. The Kier molecular flexibility index (Phi) is 5.80. The van der Waals surface area contributed by atoms with Gasteiger partial charge in [0.05, 0.1) is 13.2 Å². The zero-order valence-corrected chi connectivity index (χ0v) is 12.4. The average molecular weight is 279 g/mol. The summed E-state index contributed by atoms with van der Waals surface area (Å²) in [6.45, 7) is 2.57. The van der Waals surface area contributed by atoms with Crippen molar-refractivity contribution in [1.29, 1.82) is 0 Å². The number of methoxy groups -OCH3 is 1. The SMILES string of the molecule is CCOC(C1CCCCC1)C(O)c1ncccc1OC. The van der Waals surface area contributed by atoms with E-state index in [4.69, 9.17) is 9.47 Å². The zero-order valence-electron chi connectivity index (χ0n) is 12.4. The van der Waals surface area contributed by atoms with E-state index in [1.807, 2.05) is 19.1 Å². The lowest BCUT2D eigenvalue weighted by molar-refractivity contribution is -0.0760. The summed E-state index contributed by atoms with van der Waals surface area (Å²) in [5, 5.41) is 10.7. The minimum atomic E-state index is -0.728. The highest BCUT2D eigenvalue weighted by Gasteiger charge is 2.33. The van der Waals surface area contributed by atoms with Crippen LogP contribution in [0.3, 0.4) is 0 Å². The lowest BCUT2D eigenvalue weighted by atomic mass is 9.82. The molecule has 0 bridgehead atoms. The Balaban J connectivity index is 2.18. The molecule has 1 saturated carbocycles. The van der Waals surface area contributed by atoms with E-state index in [1.54, 1.807) is 13.3 Å². The first kappa shape index (κ1) is 15.3. The van der Waals surface area contributed by atoms with Crippen LogP contribution >= 0.6 is 0 Å². The molecule has 2 unspecified atom stereocenters. The van der Waals surface area contributed by atoms with Crippen molar-refractivity contribution in [1.82, 2.24) is 4.98 Å². The molecule has 0 radical (unpaired) electrons. The van der Waals surface area contributed by atoms with Crippen LogP contribution in [0.15, 0.2) is 18.3 Å². The van der Waals surface area contributed by atoms with E-state index in [1.165, 1.54) is 19.3 Å². The normalized spacial score (nSPS) is 19.6. The maximum absolute atomic E-state index is 10.7. The highest BCUT2D eigenvalue weighted by molar-refractivity contribution is 5.29. The van der Waals surface area contributed by atoms with E-state index in [0.29, 0.717) is 24.0 Å². The minimum absolute atomic E-state index is 0.191. The molecule has 0 spiro atoms. The van der Waals surface area contributed by atoms with Crippen LogP contribution < -0.4 is 4.74 Å². The van der Waals surface area contributed by atoms with Crippen LogP contribution in [0, 0.1) is 5.92 Å². The van der Waals surface area contributed by atoms with Gasteiger partial charge in [0.2, 0.25) is 0 Å². The van der Waals surface area contributed by atoms with Gasteiger partial charge in [-0.3, -0.25) is 4.98 Å². The highest BCUT2D eigenvalue weighted by atomic mass is 16.5. The van der Waals surface area contributed by atoms with E-state index in [2.05, 4.69) is 4.98 Å². The third kappa shape index (κ3) is 3.49. The molecule has 1 N–H and O–H groups in total. The van der Waals surface area contributed by atoms with Crippen molar-refractivity contribution in [2.24, 2.45) is 5.92 Å². The fourth-order valence-corrected chi connectivity index (χ4v) is 3.09. The van der Waals surface area contributed by atoms with Gasteiger partial charge in [0.15, 0.2) is 0 Å². The molecule has 0 amide bonds. The number of aliphatic hydroxyl groups excluding tert-OH is 1. The fraction of sp³-hybridized carbons (Fsp3) is 0.688. The van der Waals surface area contributed by atoms with Crippen molar-refractivity contribution < 1.29 is 14.6 Å². The molecule has 1 fully saturated rings. The molecule has 0 aliphatic heterocycles. The summed E-state index contributed by atoms with van der Waals surface area (Å²) in [7, 11) is 1.60. The Morgan fingerprint density at radius 3 is 2.75 bits per heavy atom. The molecule has 1 aliphatic rings. The predicted molar refractivity (Wildman–Crippen MR) is 77.7 cm³/mol. The number of aromatic nitrogens is 1. The Labute approximate surface area is 121 Å². The molecule has 20 heavy (non-hydrogen) atoms. The van der Waals surface area contributed by atoms with Crippen molar-refractivity contribution in [3.8, 4) is 5.75 Å². The van der Waals surface area contributed by atoms with Crippen molar-refractivity contribution in [2.75, 3.05) is 13.7 Å². The third-order valence-corrected chi connectivity index (χ3v) is 4.08. The summed E-state index contributed by atoms with van der Waals surface area (Å²) in [5.41, 5.74) is 0.582. The van der Waals surface area contributed by atoms with Crippen molar-refractivity contribution in [3.05, 3.63) is 24.0 Å². The number of pyridine rings is 1. The molecular formula is C16H25NO3.